The number of allylic oxidation sites excluding steroid dienone is 2. The summed E-state index contributed by atoms with van der Waals surface area (Å²) in [5.74, 6) is 0.498. The molecule has 0 radical (unpaired) electrons. The minimum Gasteiger partial charge on any atom is -0.300 e. The molecule has 0 bridgehead atoms. The maximum absolute atomic E-state index is 11.6. The highest BCUT2D eigenvalue weighted by molar-refractivity contribution is 5.78. The van der Waals surface area contributed by atoms with Crippen LogP contribution in [-0.2, 0) is 4.79 Å². The number of rotatable bonds is 0. The highest BCUT2D eigenvalue weighted by Gasteiger charge is 2.02. The minimum absolute atomic E-state index is 0.498. The zero-order chi connectivity index (χ0) is 13.1. The largest absolute Gasteiger partial charge is 0.300 e. The first-order valence-corrected chi connectivity index (χ1v) is 7.96. The quantitative estimate of drug-likeness (QED) is 0.512. The molecule has 104 valence electrons. The van der Waals surface area contributed by atoms with Crippen molar-refractivity contribution >= 4 is 5.78 Å². The van der Waals surface area contributed by atoms with Crippen LogP contribution in [-0.4, -0.2) is 5.78 Å². The lowest BCUT2D eigenvalue weighted by Gasteiger charge is -2.05. The highest BCUT2D eigenvalue weighted by Crippen LogP contribution is 2.15. The van der Waals surface area contributed by atoms with Gasteiger partial charge in [0.2, 0.25) is 0 Å². The lowest BCUT2D eigenvalue weighted by atomic mass is 10.0. The van der Waals surface area contributed by atoms with Crippen molar-refractivity contribution in [1.29, 1.82) is 0 Å². The van der Waals surface area contributed by atoms with Crippen LogP contribution in [0.15, 0.2) is 11.6 Å². The van der Waals surface area contributed by atoms with Crippen molar-refractivity contribution in [3.8, 4) is 0 Å². The smallest absolute Gasteiger partial charge is 0.132 e. The van der Waals surface area contributed by atoms with Gasteiger partial charge in [0, 0.05) is 12.8 Å². The van der Waals surface area contributed by atoms with Crippen molar-refractivity contribution in [2.24, 2.45) is 0 Å². The molecule has 0 fully saturated rings. The predicted molar refractivity (Wildman–Crippen MR) is 78.8 cm³/mol. The molecule has 1 heteroatoms. The third-order valence-corrected chi connectivity index (χ3v) is 3.93. The second kappa shape index (κ2) is 10.3. The molecule has 0 N–H and O–H groups in total. The van der Waals surface area contributed by atoms with Crippen molar-refractivity contribution in [3.05, 3.63) is 11.6 Å². The Kier molecular flexibility index (Phi) is 8.89. The summed E-state index contributed by atoms with van der Waals surface area (Å²) in [6.45, 7) is 2.27. The summed E-state index contributed by atoms with van der Waals surface area (Å²) in [6, 6.07) is 0. The number of ketones is 1. The van der Waals surface area contributed by atoms with Crippen molar-refractivity contribution in [2.75, 3.05) is 0 Å². The summed E-state index contributed by atoms with van der Waals surface area (Å²) in [5.41, 5.74) is 1.57. The zero-order valence-electron chi connectivity index (χ0n) is 12.2. The Morgan fingerprint density at radius 1 is 0.722 bits per heavy atom. The van der Waals surface area contributed by atoms with E-state index >= 15 is 0 Å². The van der Waals surface area contributed by atoms with Crippen LogP contribution < -0.4 is 0 Å². The van der Waals surface area contributed by atoms with E-state index in [2.05, 4.69) is 13.0 Å². The Morgan fingerprint density at radius 3 is 1.89 bits per heavy atom. The van der Waals surface area contributed by atoms with Crippen molar-refractivity contribution in [2.45, 2.75) is 90.4 Å². The van der Waals surface area contributed by atoms with Crippen LogP contribution in [0.5, 0.6) is 0 Å². The monoisotopic (exact) mass is 250 g/mol. The Balaban J connectivity index is 2.27. The lowest BCUT2D eigenvalue weighted by Crippen LogP contribution is -1.97. The average Bonchev–Trinajstić information content (AvgIpc) is 2.35. The molecule has 0 heterocycles. The molecular weight excluding hydrogens is 220 g/mol. The molecule has 0 saturated heterocycles. The van der Waals surface area contributed by atoms with Gasteiger partial charge < -0.3 is 0 Å². The Bertz CT molecular complexity index is 252. The summed E-state index contributed by atoms with van der Waals surface area (Å²) >= 11 is 0. The Morgan fingerprint density at radius 2 is 1.22 bits per heavy atom. The molecule has 18 heavy (non-hydrogen) atoms. The Labute approximate surface area is 113 Å². The van der Waals surface area contributed by atoms with Gasteiger partial charge in [-0.25, -0.2) is 0 Å². The maximum atomic E-state index is 11.6. The topological polar surface area (TPSA) is 17.1 Å². The normalized spacial score (nSPS) is 22.5. The zero-order valence-corrected chi connectivity index (χ0v) is 12.2. The summed E-state index contributed by atoms with van der Waals surface area (Å²) in [4.78, 5) is 11.6. The van der Waals surface area contributed by atoms with Gasteiger partial charge in [-0.1, -0.05) is 43.8 Å². The first-order valence-electron chi connectivity index (χ1n) is 7.96. The van der Waals surface area contributed by atoms with E-state index < -0.39 is 0 Å². The van der Waals surface area contributed by atoms with Gasteiger partial charge in [0.15, 0.2) is 0 Å². The molecule has 0 aromatic carbocycles. The number of hydrogen-bond donors (Lipinski definition) is 0. The van der Waals surface area contributed by atoms with Crippen LogP contribution in [0.1, 0.15) is 90.4 Å². The van der Waals surface area contributed by atoms with Gasteiger partial charge in [0.25, 0.3) is 0 Å². The van der Waals surface area contributed by atoms with Crippen LogP contribution in [0, 0.1) is 0 Å². The van der Waals surface area contributed by atoms with Crippen molar-refractivity contribution < 1.29 is 4.79 Å². The summed E-state index contributed by atoms with van der Waals surface area (Å²) in [6.07, 6.45) is 17.9. The van der Waals surface area contributed by atoms with E-state index in [1.807, 2.05) is 0 Å². The fraction of sp³-hybridized carbons (Fsp3) is 0.824. The molecule has 0 saturated carbocycles. The standard InChI is InChI=1S/C17H30O/c1-16-12-8-4-2-3-5-10-14-17(18)15-11-7-6-9-13-16/h12H,2-11,13-15H2,1H3. The first-order chi connectivity index (χ1) is 8.79. The van der Waals surface area contributed by atoms with Crippen LogP contribution in [0.3, 0.4) is 0 Å². The average molecular weight is 250 g/mol. The van der Waals surface area contributed by atoms with E-state index in [-0.39, 0.29) is 0 Å². The molecule has 0 amide bonds. The molecule has 1 aliphatic rings. The number of hydrogen-bond acceptors (Lipinski definition) is 1. The number of Topliss-reactive ketones (excluding diaryl/α,β-unsaturated/α-hetero) is 1. The van der Waals surface area contributed by atoms with Gasteiger partial charge in [-0.05, 0) is 45.4 Å². The Hall–Kier alpha value is -0.590. The van der Waals surface area contributed by atoms with Gasteiger partial charge in [0.05, 0.1) is 0 Å². The fourth-order valence-electron chi connectivity index (χ4n) is 2.65. The van der Waals surface area contributed by atoms with E-state index in [1.165, 1.54) is 57.8 Å². The summed E-state index contributed by atoms with van der Waals surface area (Å²) < 4.78 is 0. The highest BCUT2D eigenvalue weighted by atomic mass is 16.1. The molecule has 0 aromatic rings. The molecule has 0 unspecified atom stereocenters. The van der Waals surface area contributed by atoms with Gasteiger partial charge in [-0.2, -0.15) is 0 Å². The molecule has 0 atom stereocenters. The van der Waals surface area contributed by atoms with Gasteiger partial charge >= 0.3 is 0 Å². The lowest BCUT2D eigenvalue weighted by molar-refractivity contribution is -0.119. The van der Waals surface area contributed by atoms with Crippen LogP contribution in [0.4, 0.5) is 0 Å². The minimum atomic E-state index is 0.498. The molecule has 0 aliphatic heterocycles. The summed E-state index contributed by atoms with van der Waals surface area (Å²) in [5, 5.41) is 0. The SMILES string of the molecule is CC1=CCCCCCCCC(=O)CCCCCC1. The van der Waals surface area contributed by atoms with E-state index in [1.54, 1.807) is 5.57 Å². The van der Waals surface area contributed by atoms with Gasteiger partial charge in [0.1, 0.15) is 5.78 Å². The van der Waals surface area contributed by atoms with Crippen molar-refractivity contribution in [1.82, 2.24) is 0 Å². The van der Waals surface area contributed by atoms with E-state index in [0.29, 0.717) is 5.78 Å². The summed E-state index contributed by atoms with van der Waals surface area (Å²) in [7, 11) is 0. The van der Waals surface area contributed by atoms with E-state index in [9.17, 15) is 4.79 Å². The second-order valence-corrected chi connectivity index (χ2v) is 5.81. The van der Waals surface area contributed by atoms with Crippen molar-refractivity contribution in [3.63, 3.8) is 0 Å². The van der Waals surface area contributed by atoms with Gasteiger partial charge in [-0.3, -0.25) is 4.79 Å². The van der Waals surface area contributed by atoms with E-state index in [0.717, 1.165) is 25.7 Å². The van der Waals surface area contributed by atoms with Gasteiger partial charge in [-0.15, -0.1) is 0 Å². The maximum Gasteiger partial charge on any atom is 0.132 e. The van der Waals surface area contributed by atoms with Crippen LogP contribution in [0.2, 0.25) is 0 Å². The molecule has 1 rings (SSSR count). The molecule has 0 aromatic heterocycles. The molecular formula is C17H30O. The second-order valence-electron chi connectivity index (χ2n) is 5.81. The molecule has 1 aliphatic carbocycles. The number of carbonyl (C=O) groups excluding carboxylic acids is 1. The number of carbonyl (C=O) groups is 1. The first kappa shape index (κ1) is 15.5. The van der Waals surface area contributed by atoms with Crippen LogP contribution >= 0.6 is 0 Å². The third kappa shape index (κ3) is 8.49. The van der Waals surface area contributed by atoms with E-state index in [4.69, 9.17) is 0 Å². The van der Waals surface area contributed by atoms with Crippen LogP contribution in [0.25, 0.3) is 0 Å². The molecule has 1 nitrogen and oxygen atoms in total. The predicted octanol–water partition coefficient (Wildman–Crippen LogP) is 5.59. The fourth-order valence-corrected chi connectivity index (χ4v) is 2.65. The third-order valence-electron chi connectivity index (χ3n) is 3.93. The molecule has 0 spiro atoms.